The number of anilines is 1. The Morgan fingerprint density at radius 1 is 1.28 bits per heavy atom. The van der Waals surface area contributed by atoms with Gasteiger partial charge in [-0.1, -0.05) is 0 Å². The summed E-state index contributed by atoms with van der Waals surface area (Å²) >= 11 is 0. The number of pyridine rings is 1. The fourth-order valence-electron chi connectivity index (χ4n) is 2.63. The molecule has 1 fully saturated rings. The molecule has 0 saturated heterocycles. The summed E-state index contributed by atoms with van der Waals surface area (Å²) in [4.78, 5) is 9.02. The monoisotopic (exact) mass is 248 g/mol. The van der Waals surface area contributed by atoms with Crippen LogP contribution in [0.4, 0.5) is 5.69 Å². The molecule has 2 N–H and O–H groups in total. The number of likely N-dealkylation sites (N-methyl/N-ethyl adjacent to an activating group) is 2. The van der Waals surface area contributed by atoms with Crippen molar-refractivity contribution in [3.63, 3.8) is 0 Å². The van der Waals surface area contributed by atoms with Crippen LogP contribution in [0.3, 0.4) is 0 Å². The Kier molecular flexibility index (Phi) is 3.88. The van der Waals surface area contributed by atoms with E-state index in [1.807, 2.05) is 12.3 Å². The van der Waals surface area contributed by atoms with Gasteiger partial charge in [0.2, 0.25) is 0 Å². The normalized spacial score (nSPS) is 17.6. The molecular formula is C14H24N4. The highest BCUT2D eigenvalue weighted by molar-refractivity contribution is 5.44. The average Bonchev–Trinajstić information content (AvgIpc) is 2.33. The van der Waals surface area contributed by atoms with E-state index in [0.717, 1.165) is 12.2 Å². The van der Waals surface area contributed by atoms with Gasteiger partial charge in [0.25, 0.3) is 0 Å². The summed E-state index contributed by atoms with van der Waals surface area (Å²) in [7, 11) is 6.51. The lowest BCUT2D eigenvalue weighted by molar-refractivity contribution is 0.0683. The van der Waals surface area contributed by atoms with E-state index in [1.54, 1.807) is 0 Å². The summed E-state index contributed by atoms with van der Waals surface area (Å²) in [5.41, 5.74) is 8.02. The molecule has 1 aromatic rings. The van der Waals surface area contributed by atoms with Crippen molar-refractivity contribution < 1.29 is 0 Å². The van der Waals surface area contributed by atoms with E-state index < -0.39 is 0 Å². The molecule has 4 heteroatoms. The number of nitrogens with zero attached hydrogens (tertiary/aromatic N) is 3. The molecule has 0 spiro atoms. The summed E-state index contributed by atoms with van der Waals surface area (Å²) in [6.07, 6.45) is 5.85. The smallest absolute Gasteiger partial charge is 0.0551 e. The number of nitrogens with two attached hydrogens (primary N) is 1. The molecule has 0 amide bonds. The Morgan fingerprint density at radius 3 is 2.39 bits per heavy atom. The summed E-state index contributed by atoms with van der Waals surface area (Å²) in [5, 5.41) is 0. The fraction of sp³-hybridized carbons (Fsp3) is 0.643. The first-order chi connectivity index (χ1) is 8.57. The molecule has 100 valence electrons. The Morgan fingerprint density at radius 2 is 2.00 bits per heavy atom. The van der Waals surface area contributed by atoms with Gasteiger partial charge < -0.3 is 15.5 Å². The van der Waals surface area contributed by atoms with Gasteiger partial charge in [-0.15, -0.1) is 0 Å². The molecule has 0 unspecified atom stereocenters. The van der Waals surface area contributed by atoms with Crippen molar-refractivity contribution in [3.05, 3.63) is 24.0 Å². The first-order valence-electron chi connectivity index (χ1n) is 6.61. The van der Waals surface area contributed by atoms with E-state index in [2.05, 4.69) is 42.0 Å². The van der Waals surface area contributed by atoms with Crippen LogP contribution in [0.5, 0.6) is 0 Å². The predicted molar refractivity (Wildman–Crippen MR) is 75.7 cm³/mol. The molecule has 1 aliphatic rings. The van der Waals surface area contributed by atoms with Crippen LogP contribution in [0.2, 0.25) is 0 Å². The maximum absolute atomic E-state index is 5.57. The standard InChI is InChI=1S/C14H24N4/c1-17(2)14(7-4-8-14)11-18(3)13-6-5-12(9-15)16-10-13/h5-6,10H,4,7-9,11,15H2,1-3H3. The molecule has 0 atom stereocenters. The van der Waals surface area contributed by atoms with Crippen molar-refractivity contribution >= 4 is 5.69 Å². The third-order valence-corrected chi connectivity index (χ3v) is 4.22. The van der Waals surface area contributed by atoms with Crippen LogP contribution in [0.25, 0.3) is 0 Å². The van der Waals surface area contributed by atoms with Crippen molar-refractivity contribution in [2.24, 2.45) is 5.73 Å². The molecule has 0 radical (unpaired) electrons. The van der Waals surface area contributed by atoms with Crippen molar-refractivity contribution in [2.75, 3.05) is 32.6 Å². The van der Waals surface area contributed by atoms with E-state index in [1.165, 1.54) is 24.9 Å². The van der Waals surface area contributed by atoms with Gasteiger partial charge >= 0.3 is 0 Å². The van der Waals surface area contributed by atoms with Crippen molar-refractivity contribution in [1.82, 2.24) is 9.88 Å². The summed E-state index contributed by atoms with van der Waals surface area (Å²) < 4.78 is 0. The van der Waals surface area contributed by atoms with Gasteiger partial charge in [-0.3, -0.25) is 4.98 Å². The van der Waals surface area contributed by atoms with Crippen molar-refractivity contribution in [2.45, 2.75) is 31.3 Å². The molecular weight excluding hydrogens is 224 g/mol. The largest absolute Gasteiger partial charge is 0.371 e. The van der Waals surface area contributed by atoms with E-state index in [4.69, 9.17) is 5.73 Å². The van der Waals surface area contributed by atoms with Gasteiger partial charge in [0.15, 0.2) is 0 Å². The van der Waals surface area contributed by atoms with E-state index in [9.17, 15) is 0 Å². The number of hydrogen-bond donors (Lipinski definition) is 1. The third-order valence-electron chi connectivity index (χ3n) is 4.22. The molecule has 0 aromatic carbocycles. The molecule has 1 aromatic heterocycles. The zero-order chi connectivity index (χ0) is 13.2. The van der Waals surface area contributed by atoms with Gasteiger partial charge in [0.1, 0.15) is 0 Å². The lowest BCUT2D eigenvalue weighted by Gasteiger charge is -2.49. The minimum atomic E-state index is 0.349. The minimum absolute atomic E-state index is 0.349. The van der Waals surface area contributed by atoms with Crippen LogP contribution in [0.1, 0.15) is 25.0 Å². The van der Waals surface area contributed by atoms with E-state index in [-0.39, 0.29) is 0 Å². The van der Waals surface area contributed by atoms with Crippen LogP contribution in [0.15, 0.2) is 18.3 Å². The SMILES string of the molecule is CN(CC1(N(C)C)CCC1)c1ccc(CN)nc1. The summed E-state index contributed by atoms with van der Waals surface area (Å²) in [6.45, 7) is 1.56. The van der Waals surface area contributed by atoms with Gasteiger partial charge in [-0.2, -0.15) is 0 Å². The third kappa shape index (κ3) is 2.49. The lowest BCUT2D eigenvalue weighted by Crippen LogP contribution is -2.56. The highest BCUT2D eigenvalue weighted by Gasteiger charge is 2.39. The summed E-state index contributed by atoms with van der Waals surface area (Å²) in [6, 6.07) is 4.12. The number of rotatable bonds is 5. The Balaban J connectivity index is 2.04. The average molecular weight is 248 g/mol. The van der Waals surface area contributed by atoms with Gasteiger partial charge in [-0.25, -0.2) is 0 Å². The molecule has 0 aliphatic heterocycles. The molecule has 1 saturated carbocycles. The predicted octanol–water partition coefficient (Wildman–Crippen LogP) is 1.46. The van der Waals surface area contributed by atoms with Crippen molar-refractivity contribution in [1.29, 1.82) is 0 Å². The number of aromatic nitrogens is 1. The van der Waals surface area contributed by atoms with Gasteiger partial charge in [0, 0.05) is 25.7 Å². The van der Waals surface area contributed by atoms with Crippen LogP contribution < -0.4 is 10.6 Å². The van der Waals surface area contributed by atoms with Crippen LogP contribution in [-0.2, 0) is 6.54 Å². The Hall–Kier alpha value is -1.13. The second-order valence-electron chi connectivity index (χ2n) is 5.54. The minimum Gasteiger partial charge on any atom is -0.371 e. The first-order valence-corrected chi connectivity index (χ1v) is 6.61. The van der Waals surface area contributed by atoms with E-state index in [0.29, 0.717) is 12.1 Å². The molecule has 18 heavy (non-hydrogen) atoms. The quantitative estimate of drug-likeness (QED) is 0.857. The molecule has 0 bridgehead atoms. The zero-order valence-electron chi connectivity index (χ0n) is 11.7. The Bertz CT molecular complexity index is 381. The highest BCUT2D eigenvalue weighted by atomic mass is 15.2. The summed E-state index contributed by atoms with van der Waals surface area (Å²) in [5.74, 6) is 0. The first kappa shape index (κ1) is 13.3. The van der Waals surface area contributed by atoms with Crippen LogP contribution in [0, 0.1) is 0 Å². The molecule has 1 heterocycles. The van der Waals surface area contributed by atoms with E-state index >= 15 is 0 Å². The van der Waals surface area contributed by atoms with Gasteiger partial charge in [0.05, 0.1) is 17.6 Å². The van der Waals surface area contributed by atoms with Crippen LogP contribution in [-0.4, -0.2) is 43.1 Å². The second kappa shape index (κ2) is 5.24. The fourth-order valence-corrected chi connectivity index (χ4v) is 2.63. The topological polar surface area (TPSA) is 45.4 Å². The van der Waals surface area contributed by atoms with Crippen molar-refractivity contribution in [3.8, 4) is 0 Å². The maximum atomic E-state index is 5.57. The zero-order valence-corrected chi connectivity index (χ0v) is 11.7. The maximum Gasteiger partial charge on any atom is 0.0551 e. The molecule has 1 aliphatic carbocycles. The van der Waals surface area contributed by atoms with Crippen LogP contribution >= 0.6 is 0 Å². The highest BCUT2D eigenvalue weighted by Crippen LogP contribution is 2.37. The number of hydrogen-bond acceptors (Lipinski definition) is 4. The molecule has 4 nitrogen and oxygen atoms in total. The van der Waals surface area contributed by atoms with Gasteiger partial charge in [-0.05, 0) is 45.5 Å². The Labute approximate surface area is 110 Å². The molecule has 2 rings (SSSR count). The lowest BCUT2D eigenvalue weighted by atomic mass is 9.75. The second-order valence-corrected chi connectivity index (χ2v) is 5.54.